The number of piperazine rings is 1. The van der Waals surface area contributed by atoms with Crippen molar-refractivity contribution in [2.24, 2.45) is 0 Å². The number of amides is 1. The highest BCUT2D eigenvalue weighted by atomic mass is 35.5. The van der Waals surface area contributed by atoms with Crippen molar-refractivity contribution in [2.45, 2.75) is 6.54 Å². The Morgan fingerprint density at radius 2 is 1.75 bits per heavy atom. The fourth-order valence-electron chi connectivity index (χ4n) is 4.03. The quantitative estimate of drug-likeness (QED) is 0.521. The number of H-pyrrole nitrogens is 1. The molecule has 1 amide bonds. The van der Waals surface area contributed by atoms with Crippen molar-refractivity contribution in [2.75, 3.05) is 26.2 Å². The molecular formula is C24H22ClN5O2. The molecule has 0 atom stereocenters. The number of hydrogen-bond acceptors (Lipinski definition) is 4. The van der Waals surface area contributed by atoms with E-state index in [1.807, 2.05) is 59.3 Å². The maximum absolute atomic E-state index is 12.9. The fourth-order valence-corrected chi connectivity index (χ4v) is 4.20. The van der Waals surface area contributed by atoms with E-state index in [0.29, 0.717) is 30.4 Å². The minimum atomic E-state index is -0.359. The molecule has 7 nitrogen and oxygen atoms in total. The largest absolute Gasteiger partial charge is 0.336 e. The Morgan fingerprint density at radius 1 is 0.969 bits per heavy atom. The molecule has 1 aromatic carbocycles. The Hall–Kier alpha value is -3.42. The van der Waals surface area contributed by atoms with Crippen LogP contribution in [0.3, 0.4) is 0 Å². The van der Waals surface area contributed by atoms with Gasteiger partial charge in [0.1, 0.15) is 11.2 Å². The number of carbonyl (C=O) groups is 1. The van der Waals surface area contributed by atoms with Gasteiger partial charge in [-0.25, -0.2) is 4.98 Å². The normalized spacial score (nSPS) is 14.7. The van der Waals surface area contributed by atoms with Gasteiger partial charge in [0, 0.05) is 50.8 Å². The van der Waals surface area contributed by atoms with Gasteiger partial charge in [-0.15, -0.1) is 0 Å². The van der Waals surface area contributed by atoms with Gasteiger partial charge in [-0.2, -0.15) is 0 Å². The second-order valence-corrected chi connectivity index (χ2v) is 8.33. The summed E-state index contributed by atoms with van der Waals surface area (Å²) in [5, 5.41) is 0.667. The molecule has 4 heterocycles. The number of aromatic nitrogens is 3. The number of fused-ring (bicyclic) bond motifs is 1. The topological polar surface area (TPSA) is 73.7 Å². The molecule has 0 radical (unpaired) electrons. The van der Waals surface area contributed by atoms with E-state index >= 15 is 0 Å². The van der Waals surface area contributed by atoms with Crippen molar-refractivity contribution in [3.63, 3.8) is 0 Å². The molecule has 1 fully saturated rings. The van der Waals surface area contributed by atoms with Crippen LogP contribution in [0.15, 0.2) is 71.8 Å². The van der Waals surface area contributed by atoms with Gasteiger partial charge in [0.15, 0.2) is 0 Å². The fraction of sp³-hybridized carbons (Fsp3) is 0.208. The van der Waals surface area contributed by atoms with Crippen LogP contribution in [0.5, 0.6) is 0 Å². The van der Waals surface area contributed by atoms with Crippen LogP contribution in [0.1, 0.15) is 16.1 Å². The minimum Gasteiger partial charge on any atom is -0.336 e. The van der Waals surface area contributed by atoms with E-state index in [-0.39, 0.29) is 17.0 Å². The van der Waals surface area contributed by atoms with E-state index in [4.69, 9.17) is 11.6 Å². The number of benzene rings is 1. The zero-order valence-corrected chi connectivity index (χ0v) is 18.1. The zero-order valence-electron chi connectivity index (χ0n) is 17.4. The minimum absolute atomic E-state index is 0.176. The average molecular weight is 448 g/mol. The van der Waals surface area contributed by atoms with Crippen LogP contribution < -0.4 is 5.56 Å². The van der Waals surface area contributed by atoms with Gasteiger partial charge in [-0.1, -0.05) is 41.9 Å². The number of aromatic amines is 1. The molecule has 0 spiro atoms. The molecule has 5 rings (SSSR count). The van der Waals surface area contributed by atoms with E-state index in [0.717, 1.165) is 30.0 Å². The Kier molecular flexibility index (Phi) is 5.51. The maximum Gasteiger partial charge on any atom is 0.261 e. The van der Waals surface area contributed by atoms with Crippen LogP contribution in [0.4, 0.5) is 0 Å². The second kappa shape index (κ2) is 8.61. The lowest BCUT2D eigenvalue weighted by atomic mass is 10.1. The number of rotatable bonds is 4. The van der Waals surface area contributed by atoms with Crippen molar-refractivity contribution < 1.29 is 4.79 Å². The smallest absolute Gasteiger partial charge is 0.261 e. The third kappa shape index (κ3) is 4.17. The van der Waals surface area contributed by atoms with Crippen LogP contribution in [-0.2, 0) is 6.54 Å². The summed E-state index contributed by atoms with van der Waals surface area (Å²) in [6, 6.07) is 16.7. The first-order valence-electron chi connectivity index (χ1n) is 10.5. The van der Waals surface area contributed by atoms with Gasteiger partial charge in [0.05, 0.1) is 10.7 Å². The summed E-state index contributed by atoms with van der Waals surface area (Å²) in [6.45, 7) is 3.28. The summed E-state index contributed by atoms with van der Waals surface area (Å²) in [5.74, 6) is -0.229. The standard InChI is InChI=1S/C24H22ClN5O2/c25-18-6-9-22-26-19(16-30(22)14-18)15-28-10-12-29(13-11-28)24(32)20-7-8-21(27-23(20)31)17-4-2-1-3-5-17/h1-9,14,16H,10-13,15H2,(H,27,31). The van der Waals surface area contributed by atoms with Crippen molar-refractivity contribution in [1.29, 1.82) is 0 Å². The number of halogens is 1. The lowest BCUT2D eigenvalue weighted by molar-refractivity contribution is 0.0625. The van der Waals surface area contributed by atoms with Crippen LogP contribution in [-0.4, -0.2) is 56.3 Å². The highest BCUT2D eigenvalue weighted by molar-refractivity contribution is 6.30. The number of imidazole rings is 1. The van der Waals surface area contributed by atoms with E-state index in [1.165, 1.54) is 0 Å². The van der Waals surface area contributed by atoms with E-state index < -0.39 is 0 Å². The van der Waals surface area contributed by atoms with E-state index in [9.17, 15) is 9.59 Å². The monoisotopic (exact) mass is 447 g/mol. The van der Waals surface area contributed by atoms with Crippen molar-refractivity contribution in [3.8, 4) is 11.3 Å². The summed E-state index contributed by atoms with van der Waals surface area (Å²) in [6.07, 6.45) is 3.82. The van der Waals surface area contributed by atoms with Gasteiger partial charge >= 0.3 is 0 Å². The summed E-state index contributed by atoms with van der Waals surface area (Å²) < 4.78 is 1.92. The first kappa shape index (κ1) is 20.5. The molecule has 4 aromatic rings. The third-order valence-corrected chi connectivity index (χ3v) is 5.96. The van der Waals surface area contributed by atoms with Crippen molar-refractivity contribution in [3.05, 3.63) is 93.6 Å². The average Bonchev–Trinajstić information content (AvgIpc) is 3.21. The number of nitrogens with zero attached hydrogens (tertiary/aromatic N) is 4. The lowest BCUT2D eigenvalue weighted by Crippen LogP contribution is -2.49. The predicted molar refractivity (Wildman–Crippen MR) is 124 cm³/mol. The molecule has 0 bridgehead atoms. The molecule has 0 unspecified atom stereocenters. The molecule has 32 heavy (non-hydrogen) atoms. The first-order chi connectivity index (χ1) is 15.6. The zero-order chi connectivity index (χ0) is 22.1. The van der Waals surface area contributed by atoms with Gasteiger partial charge in [0.2, 0.25) is 0 Å². The predicted octanol–water partition coefficient (Wildman–Crippen LogP) is 3.30. The highest BCUT2D eigenvalue weighted by Crippen LogP contribution is 2.17. The molecule has 1 saturated heterocycles. The summed E-state index contributed by atoms with van der Waals surface area (Å²) in [4.78, 5) is 37.0. The van der Waals surface area contributed by atoms with Crippen LogP contribution in [0.2, 0.25) is 5.02 Å². The summed E-state index contributed by atoms with van der Waals surface area (Å²) in [7, 11) is 0. The van der Waals surface area contributed by atoms with Gasteiger partial charge in [-0.05, 0) is 29.8 Å². The van der Waals surface area contributed by atoms with Crippen molar-refractivity contribution in [1.82, 2.24) is 24.2 Å². The first-order valence-corrected chi connectivity index (χ1v) is 10.9. The molecule has 0 aliphatic carbocycles. The molecule has 0 saturated carbocycles. The van der Waals surface area contributed by atoms with Crippen molar-refractivity contribution >= 4 is 23.2 Å². The van der Waals surface area contributed by atoms with E-state index in [2.05, 4.69) is 14.9 Å². The number of carbonyl (C=O) groups excluding carboxylic acids is 1. The Morgan fingerprint density at radius 3 is 2.50 bits per heavy atom. The molecule has 162 valence electrons. The van der Waals surface area contributed by atoms with Crippen LogP contribution >= 0.6 is 11.6 Å². The lowest BCUT2D eigenvalue weighted by Gasteiger charge is -2.34. The van der Waals surface area contributed by atoms with Gasteiger partial charge in [-0.3, -0.25) is 14.5 Å². The Labute approximate surface area is 189 Å². The number of nitrogens with one attached hydrogen (secondary N) is 1. The van der Waals surface area contributed by atoms with Gasteiger partial charge < -0.3 is 14.3 Å². The summed E-state index contributed by atoms with van der Waals surface area (Å²) in [5.41, 5.74) is 3.24. The molecule has 1 aliphatic rings. The number of hydrogen-bond donors (Lipinski definition) is 1. The summed E-state index contributed by atoms with van der Waals surface area (Å²) >= 11 is 6.05. The molecule has 1 aliphatic heterocycles. The van der Waals surface area contributed by atoms with E-state index in [1.54, 1.807) is 17.0 Å². The SMILES string of the molecule is O=C(c1ccc(-c2ccccc2)[nH]c1=O)N1CCN(Cc2cn3cc(Cl)ccc3n2)CC1. The molecular weight excluding hydrogens is 426 g/mol. The number of pyridine rings is 2. The maximum atomic E-state index is 12.9. The third-order valence-electron chi connectivity index (χ3n) is 5.73. The Balaban J connectivity index is 1.23. The Bertz CT molecular complexity index is 1320. The van der Waals surface area contributed by atoms with Crippen LogP contribution in [0.25, 0.3) is 16.9 Å². The molecule has 1 N–H and O–H groups in total. The second-order valence-electron chi connectivity index (χ2n) is 7.89. The van der Waals surface area contributed by atoms with Gasteiger partial charge in [0.25, 0.3) is 11.5 Å². The highest BCUT2D eigenvalue weighted by Gasteiger charge is 2.24. The molecule has 8 heteroatoms. The molecule has 3 aromatic heterocycles. The van der Waals surface area contributed by atoms with Crippen LogP contribution in [0, 0.1) is 0 Å².